The third kappa shape index (κ3) is 6.45. The third-order valence-electron chi connectivity index (χ3n) is 5.47. The molecule has 0 fully saturated rings. The fourth-order valence-corrected chi connectivity index (χ4v) is 4.67. The van der Waals surface area contributed by atoms with Gasteiger partial charge in [-0.15, -0.1) is 0 Å². The lowest BCUT2D eigenvalue weighted by molar-refractivity contribution is -0.116. The number of hydrogen-bond donors (Lipinski definition) is 3. The predicted octanol–water partition coefficient (Wildman–Crippen LogP) is 4.43. The maximum absolute atomic E-state index is 12.6. The molecule has 36 heavy (non-hydrogen) atoms. The number of carbonyl (C=O) groups is 1. The first-order valence-corrected chi connectivity index (χ1v) is 12.8. The molecule has 0 unspecified atom stereocenters. The number of H-pyrrole nitrogens is 1. The van der Waals surface area contributed by atoms with Crippen LogP contribution >= 0.6 is 0 Å². The summed E-state index contributed by atoms with van der Waals surface area (Å²) in [5.41, 5.74) is 4.02. The average molecular weight is 503 g/mol. The Bertz CT molecular complexity index is 1540. The molecule has 0 aliphatic carbocycles. The number of anilines is 2. The highest BCUT2D eigenvalue weighted by molar-refractivity contribution is 7.92. The first-order chi connectivity index (χ1) is 17.2. The van der Waals surface area contributed by atoms with Crippen molar-refractivity contribution < 1.29 is 13.2 Å². The molecule has 4 rings (SSSR count). The Morgan fingerprint density at radius 1 is 0.917 bits per heavy atom. The van der Waals surface area contributed by atoms with Gasteiger partial charge in [-0.25, -0.2) is 13.4 Å². The number of sulfonamides is 1. The summed E-state index contributed by atoms with van der Waals surface area (Å²) < 4.78 is 27.8. The smallest absolute Gasteiger partial charge is 0.261 e. The zero-order valence-electron chi connectivity index (χ0n) is 19.9. The first kappa shape index (κ1) is 24.9. The summed E-state index contributed by atoms with van der Waals surface area (Å²) in [7, 11) is -3.70. The molecule has 184 valence electrons. The maximum atomic E-state index is 12.6. The predicted molar refractivity (Wildman–Crippen MR) is 140 cm³/mol. The van der Waals surface area contributed by atoms with Crippen molar-refractivity contribution in [1.29, 1.82) is 0 Å². The number of nitrogens with one attached hydrogen (secondary N) is 3. The molecule has 1 aromatic heterocycles. The molecular weight excluding hydrogens is 476 g/mol. The molecule has 3 N–H and O–H groups in total. The van der Waals surface area contributed by atoms with Crippen molar-refractivity contribution >= 4 is 27.3 Å². The Kier molecular flexibility index (Phi) is 7.30. The zero-order chi connectivity index (χ0) is 25.7. The molecule has 0 bridgehead atoms. The van der Waals surface area contributed by atoms with Crippen LogP contribution in [0.1, 0.15) is 23.2 Å². The minimum absolute atomic E-state index is 0.149. The number of rotatable bonds is 8. The molecule has 8 nitrogen and oxygen atoms in total. The summed E-state index contributed by atoms with van der Waals surface area (Å²) in [6.45, 7) is 3.67. The van der Waals surface area contributed by atoms with Gasteiger partial charge in [0.2, 0.25) is 5.91 Å². The van der Waals surface area contributed by atoms with E-state index in [0.717, 1.165) is 11.1 Å². The van der Waals surface area contributed by atoms with Crippen LogP contribution in [0.4, 0.5) is 11.4 Å². The summed E-state index contributed by atoms with van der Waals surface area (Å²) in [5, 5.41) is 2.85. The molecule has 0 saturated heterocycles. The van der Waals surface area contributed by atoms with E-state index < -0.39 is 10.0 Å². The number of nitrogens with zero attached hydrogens (tertiary/aromatic N) is 1. The highest BCUT2D eigenvalue weighted by Gasteiger charge is 2.14. The molecular formula is C27H26N4O4S. The van der Waals surface area contributed by atoms with E-state index in [1.807, 2.05) is 19.1 Å². The van der Waals surface area contributed by atoms with Crippen molar-refractivity contribution in [1.82, 2.24) is 9.97 Å². The Morgan fingerprint density at radius 2 is 1.64 bits per heavy atom. The second-order valence-corrected chi connectivity index (χ2v) is 10.2. The zero-order valence-corrected chi connectivity index (χ0v) is 20.7. The van der Waals surface area contributed by atoms with Gasteiger partial charge in [-0.1, -0.05) is 42.0 Å². The summed E-state index contributed by atoms with van der Waals surface area (Å²) in [5.74, 6) is 0.249. The van der Waals surface area contributed by atoms with Crippen molar-refractivity contribution in [2.75, 3.05) is 10.0 Å². The van der Waals surface area contributed by atoms with Crippen LogP contribution in [-0.4, -0.2) is 24.3 Å². The Morgan fingerprint density at radius 3 is 2.33 bits per heavy atom. The Balaban J connectivity index is 1.35. The van der Waals surface area contributed by atoms with Crippen molar-refractivity contribution in [2.24, 2.45) is 0 Å². The first-order valence-electron chi connectivity index (χ1n) is 11.3. The second-order valence-electron chi connectivity index (χ2n) is 8.48. The molecule has 3 aromatic carbocycles. The van der Waals surface area contributed by atoms with E-state index in [0.29, 0.717) is 34.9 Å². The SMILES string of the molecule is Cc1ccc(NS(=O)(=O)c2ccc(CCC(=O)Nc3cccc(-c4nc(C)cc(=O)[nH]4)c3)cc2)cc1. The molecule has 0 aliphatic rings. The summed E-state index contributed by atoms with van der Waals surface area (Å²) >= 11 is 0. The van der Waals surface area contributed by atoms with Gasteiger partial charge in [0.1, 0.15) is 5.82 Å². The molecule has 0 atom stereocenters. The number of aryl methyl sites for hydroxylation is 3. The number of aromatic amines is 1. The van der Waals surface area contributed by atoms with Gasteiger partial charge in [0.25, 0.3) is 15.6 Å². The van der Waals surface area contributed by atoms with Gasteiger partial charge >= 0.3 is 0 Å². The largest absolute Gasteiger partial charge is 0.326 e. The minimum Gasteiger partial charge on any atom is -0.326 e. The highest BCUT2D eigenvalue weighted by Crippen LogP contribution is 2.20. The average Bonchev–Trinajstić information content (AvgIpc) is 2.84. The van der Waals surface area contributed by atoms with Gasteiger partial charge in [-0.05, 0) is 62.2 Å². The van der Waals surface area contributed by atoms with Crippen LogP contribution in [0.25, 0.3) is 11.4 Å². The summed E-state index contributed by atoms with van der Waals surface area (Å²) in [6, 6.07) is 22.1. The standard InChI is InChI=1S/C27H26N4O4S/c1-18-6-11-22(12-7-18)31-36(34,35)24-13-8-20(9-14-24)10-15-25(32)29-23-5-3-4-21(17-23)27-28-19(2)16-26(33)30-27/h3-9,11-14,16-17,31H,10,15H2,1-2H3,(H,29,32)(H,28,30,33). The van der Waals surface area contributed by atoms with E-state index >= 15 is 0 Å². The van der Waals surface area contributed by atoms with E-state index in [2.05, 4.69) is 20.0 Å². The normalized spacial score (nSPS) is 11.2. The monoisotopic (exact) mass is 502 g/mol. The van der Waals surface area contributed by atoms with Gasteiger partial charge in [0, 0.05) is 35.1 Å². The second kappa shape index (κ2) is 10.6. The molecule has 0 spiro atoms. The van der Waals surface area contributed by atoms with Crippen molar-refractivity contribution in [3.63, 3.8) is 0 Å². The van der Waals surface area contributed by atoms with E-state index in [4.69, 9.17) is 0 Å². The van der Waals surface area contributed by atoms with Crippen molar-refractivity contribution in [3.05, 3.63) is 106 Å². The van der Waals surface area contributed by atoms with Gasteiger partial charge in [0.15, 0.2) is 0 Å². The lowest BCUT2D eigenvalue weighted by atomic mass is 10.1. The minimum atomic E-state index is -3.70. The molecule has 0 radical (unpaired) electrons. The van der Waals surface area contributed by atoms with E-state index in [1.165, 1.54) is 18.2 Å². The summed E-state index contributed by atoms with van der Waals surface area (Å²) in [4.78, 5) is 31.4. The molecule has 0 saturated carbocycles. The maximum Gasteiger partial charge on any atom is 0.261 e. The summed E-state index contributed by atoms with van der Waals surface area (Å²) in [6.07, 6.45) is 0.668. The van der Waals surface area contributed by atoms with E-state index in [-0.39, 0.29) is 22.8 Å². The number of aromatic nitrogens is 2. The van der Waals surface area contributed by atoms with Crippen LogP contribution in [0.15, 0.2) is 88.6 Å². The van der Waals surface area contributed by atoms with E-state index in [9.17, 15) is 18.0 Å². The molecule has 1 heterocycles. The molecule has 0 aliphatic heterocycles. The van der Waals surface area contributed by atoms with Crippen LogP contribution in [0.3, 0.4) is 0 Å². The quantitative estimate of drug-likeness (QED) is 0.329. The Hall–Kier alpha value is -4.24. The van der Waals surface area contributed by atoms with Crippen molar-refractivity contribution in [3.8, 4) is 11.4 Å². The molecule has 1 amide bonds. The van der Waals surface area contributed by atoms with Gasteiger partial charge in [-0.3, -0.25) is 14.3 Å². The number of hydrogen-bond acceptors (Lipinski definition) is 5. The number of carbonyl (C=O) groups excluding carboxylic acids is 1. The highest BCUT2D eigenvalue weighted by atomic mass is 32.2. The lowest BCUT2D eigenvalue weighted by Gasteiger charge is -2.10. The number of benzene rings is 3. The van der Waals surface area contributed by atoms with Gasteiger partial charge in [-0.2, -0.15) is 0 Å². The van der Waals surface area contributed by atoms with Crippen LogP contribution in [0, 0.1) is 13.8 Å². The molecule has 9 heteroatoms. The van der Waals surface area contributed by atoms with Gasteiger partial charge in [0.05, 0.1) is 4.90 Å². The Labute approximate surface area is 209 Å². The fourth-order valence-electron chi connectivity index (χ4n) is 3.61. The van der Waals surface area contributed by atoms with E-state index in [1.54, 1.807) is 55.5 Å². The number of amides is 1. The van der Waals surface area contributed by atoms with Crippen LogP contribution in [0.2, 0.25) is 0 Å². The van der Waals surface area contributed by atoms with Crippen LogP contribution in [0.5, 0.6) is 0 Å². The van der Waals surface area contributed by atoms with Crippen LogP contribution < -0.4 is 15.6 Å². The topological polar surface area (TPSA) is 121 Å². The van der Waals surface area contributed by atoms with Crippen molar-refractivity contribution in [2.45, 2.75) is 31.6 Å². The lowest BCUT2D eigenvalue weighted by Crippen LogP contribution is -2.14. The fraction of sp³-hybridized carbons (Fsp3) is 0.148. The molecule has 4 aromatic rings. The van der Waals surface area contributed by atoms with Crippen LogP contribution in [-0.2, 0) is 21.2 Å². The van der Waals surface area contributed by atoms with Gasteiger partial charge < -0.3 is 10.3 Å². The third-order valence-corrected chi connectivity index (χ3v) is 6.86.